The number of ether oxygens (including phenoxy) is 1. The van der Waals surface area contributed by atoms with Gasteiger partial charge in [-0.25, -0.2) is 0 Å². The number of phenolic OH excluding ortho intramolecular Hbond substituents is 1. The molecule has 5 nitrogen and oxygen atoms in total. The van der Waals surface area contributed by atoms with E-state index in [-0.39, 0.29) is 17.6 Å². The summed E-state index contributed by atoms with van der Waals surface area (Å²) >= 11 is 6.99. The smallest absolute Gasteiger partial charge is 0.210 e. The van der Waals surface area contributed by atoms with Gasteiger partial charge in [0, 0.05) is 23.9 Å². The maximum Gasteiger partial charge on any atom is 0.210 e. The molecule has 0 bridgehead atoms. The first-order chi connectivity index (χ1) is 12.0. The molecule has 0 saturated heterocycles. The Labute approximate surface area is 163 Å². The van der Waals surface area contributed by atoms with Crippen LogP contribution in [0.4, 0.5) is 0 Å². The summed E-state index contributed by atoms with van der Waals surface area (Å²) in [7, 11) is 1.50. The zero-order chi connectivity index (χ0) is 18.1. The van der Waals surface area contributed by atoms with Crippen LogP contribution in [0.15, 0.2) is 26.2 Å². The molecule has 1 aromatic carbocycles. The van der Waals surface area contributed by atoms with Gasteiger partial charge in [-0.15, -0.1) is 0 Å². The second kappa shape index (κ2) is 7.50. The molecule has 1 N–H and O–H groups in total. The summed E-state index contributed by atoms with van der Waals surface area (Å²) in [5, 5.41) is 10.3. The molecule has 1 aromatic rings. The van der Waals surface area contributed by atoms with E-state index in [9.17, 15) is 14.7 Å². The Balaban J connectivity index is 2.00. The summed E-state index contributed by atoms with van der Waals surface area (Å²) in [4.78, 5) is 25.2. The molecule has 1 unspecified atom stereocenters. The van der Waals surface area contributed by atoms with E-state index in [0.29, 0.717) is 42.5 Å². The third kappa shape index (κ3) is 3.49. The third-order valence-electron chi connectivity index (χ3n) is 5.02. The highest BCUT2D eigenvalue weighted by Crippen LogP contribution is 2.43. The van der Waals surface area contributed by atoms with E-state index in [4.69, 9.17) is 4.74 Å². The van der Waals surface area contributed by atoms with Gasteiger partial charge < -0.3 is 14.7 Å². The second-order valence-electron chi connectivity index (χ2n) is 6.36. The number of Topliss-reactive ketones (excluding diaryl/α,β-unsaturated/α-hetero) is 1. The van der Waals surface area contributed by atoms with Crippen LogP contribution in [0.2, 0.25) is 0 Å². The largest absolute Gasteiger partial charge is 0.503 e. The van der Waals surface area contributed by atoms with Crippen molar-refractivity contribution in [1.82, 2.24) is 4.90 Å². The van der Waals surface area contributed by atoms with Crippen molar-refractivity contribution in [3.8, 4) is 11.5 Å². The number of amides is 1. The lowest BCUT2D eigenvalue weighted by Crippen LogP contribution is -2.43. The highest BCUT2D eigenvalue weighted by atomic mass is 79.9. The predicted molar refractivity (Wildman–Crippen MR) is 101 cm³/mol. The zero-order valence-corrected chi connectivity index (χ0v) is 17.0. The molecule has 134 valence electrons. The van der Waals surface area contributed by atoms with Crippen LogP contribution in [0.3, 0.4) is 0 Å². The molecule has 25 heavy (non-hydrogen) atoms. The molecule has 1 aliphatic heterocycles. The number of ketones is 1. The van der Waals surface area contributed by atoms with E-state index in [0.717, 1.165) is 22.9 Å². The number of carbonyl (C=O) groups is 2. The van der Waals surface area contributed by atoms with Crippen molar-refractivity contribution >= 4 is 44.1 Å². The van der Waals surface area contributed by atoms with Crippen molar-refractivity contribution in [2.24, 2.45) is 0 Å². The van der Waals surface area contributed by atoms with Crippen LogP contribution in [0.1, 0.15) is 31.2 Å². The Morgan fingerprint density at radius 3 is 2.80 bits per heavy atom. The number of methoxy groups -OCH3 is 1. The van der Waals surface area contributed by atoms with Gasteiger partial charge in [-0.05, 0) is 52.4 Å². The maximum atomic E-state index is 11.8. The lowest BCUT2D eigenvalue weighted by Gasteiger charge is -2.39. The standard InChI is InChI=1S/C18H19Br2NO4/c1-25-16-8-14(19)13(17(20)18(16)24)7-15-12-3-2-11(23)6-10(12)4-5-21(15)9-22/h8-9,15,24H,2-7H2,1H3. The van der Waals surface area contributed by atoms with Crippen LogP contribution in [0, 0.1) is 0 Å². The Hall–Kier alpha value is -1.34. The first-order valence-corrected chi connectivity index (χ1v) is 9.72. The van der Waals surface area contributed by atoms with Crippen molar-refractivity contribution < 1.29 is 19.4 Å². The monoisotopic (exact) mass is 471 g/mol. The minimum absolute atomic E-state index is 0.0437. The summed E-state index contributed by atoms with van der Waals surface area (Å²) in [5.74, 6) is 0.699. The average molecular weight is 473 g/mol. The van der Waals surface area contributed by atoms with Gasteiger partial charge >= 0.3 is 0 Å². The number of halogens is 2. The van der Waals surface area contributed by atoms with Crippen LogP contribution in [0.5, 0.6) is 11.5 Å². The summed E-state index contributed by atoms with van der Waals surface area (Å²) in [6.07, 6.45) is 3.97. The molecular formula is C18H19Br2NO4. The molecule has 1 amide bonds. The normalized spacial score (nSPS) is 20.5. The number of rotatable bonds is 4. The van der Waals surface area contributed by atoms with E-state index in [1.165, 1.54) is 18.3 Å². The van der Waals surface area contributed by atoms with Gasteiger partial charge in [0.25, 0.3) is 0 Å². The van der Waals surface area contributed by atoms with Crippen LogP contribution in [-0.2, 0) is 16.0 Å². The van der Waals surface area contributed by atoms with E-state index >= 15 is 0 Å². The Bertz CT molecular complexity index is 760. The summed E-state index contributed by atoms with van der Waals surface area (Å²) in [5.41, 5.74) is 3.26. The Morgan fingerprint density at radius 1 is 1.36 bits per heavy atom. The molecule has 3 rings (SSSR count). The summed E-state index contributed by atoms with van der Waals surface area (Å²) < 4.78 is 6.53. The number of nitrogens with zero attached hydrogens (tertiary/aromatic N) is 1. The topological polar surface area (TPSA) is 66.8 Å². The molecule has 1 aliphatic carbocycles. The molecule has 0 radical (unpaired) electrons. The fourth-order valence-electron chi connectivity index (χ4n) is 3.69. The molecule has 0 fully saturated rings. The molecule has 0 saturated carbocycles. The van der Waals surface area contributed by atoms with Gasteiger partial charge in [0.1, 0.15) is 5.78 Å². The van der Waals surface area contributed by atoms with Gasteiger partial charge in [0.05, 0.1) is 17.6 Å². The van der Waals surface area contributed by atoms with Gasteiger partial charge in [0.15, 0.2) is 11.5 Å². The second-order valence-corrected chi connectivity index (χ2v) is 8.01. The molecule has 0 spiro atoms. The van der Waals surface area contributed by atoms with Crippen LogP contribution < -0.4 is 4.74 Å². The minimum atomic E-state index is -0.0882. The molecule has 0 aromatic heterocycles. The molecular weight excluding hydrogens is 454 g/mol. The average Bonchev–Trinajstić information content (AvgIpc) is 2.61. The quantitative estimate of drug-likeness (QED) is 0.535. The summed E-state index contributed by atoms with van der Waals surface area (Å²) in [6, 6.07) is 1.64. The summed E-state index contributed by atoms with van der Waals surface area (Å²) in [6.45, 7) is 0.623. The molecule has 7 heteroatoms. The highest BCUT2D eigenvalue weighted by molar-refractivity contribution is 9.11. The number of hydrogen-bond acceptors (Lipinski definition) is 4. The first kappa shape index (κ1) is 18.5. The Kier molecular flexibility index (Phi) is 5.53. The predicted octanol–water partition coefficient (Wildman–Crippen LogP) is 3.75. The number of phenols is 1. The minimum Gasteiger partial charge on any atom is -0.503 e. The number of aromatic hydroxyl groups is 1. The van der Waals surface area contributed by atoms with Crippen molar-refractivity contribution in [3.05, 3.63) is 31.7 Å². The Morgan fingerprint density at radius 2 is 2.12 bits per heavy atom. The third-order valence-corrected chi connectivity index (χ3v) is 6.58. The fraction of sp³-hybridized carbons (Fsp3) is 0.444. The van der Waals surface area contributed by atoms with Crippen molar-refractivity contribution in [2.45, 2.75) is 38.1 Å². The lowest BCUT2D eigenvalue weighted by atomic mass is 9.80. The maximum absolute atomic E-state index is 11.8. The van der Waals surface area contributed by atoms with Gasteiger partial charge in [-0.1, -0.05) is 21.5 Å². The van der Waals surface area contributed by atoms with E-state index in [1.807, 2.05) is 0 Å². The van der Waals surface area contributed by atoms with E-state index in [1.54, 1.807) is 11.0 Å². The van der Waals surface area contributed by atoms with Crippen LogP contribution >= 0.6 is 31.9 Å². The number of hydrogen-bond donors (Lipinski definition) is 1. The molecule has 2 aliphatic rings. The van der Waals surface area contributed by atoms with Crippen molar-refractivity contribution in [3.63, 3.8) is 0 Å². The van der Waals surface area contributed by atoms with Gasteiger partial charge in [-0.2, -0.15) is 0 Å². The first-order valence-electron chi connectivity index (χ1n) is 8.13. The molecule has 1 atom stereocenters. The zero-order valence-electron chi connectivity index (χ0n) is 13.8. The van der Waals surface area contributed by atoms with Gasteiger partial charge in [-0.3, -0.25) is 9.59 Å². The SMILES string of the molecule is COc1cc(Br)c(CC2C3=C(CCN2C=O)CC(=O)CC3)c(Br)c1O. The highest BCUT2D eigenvalue weighted by Gasteiger charge is 2.33. The number of carbonyl (C=O) groups excluding carboxylic acids is 2. The van der Waals surface area contributed by atoms with E-state index in [2.05, 4.69) is 31.9 Å². The van der Waals surface area contributed by atoms with E-state index < -0.39 is 0 Å². The lowest BCUT2D eigenvalue weighted by molar-refractivity contribution is -0.120. The fourth-order valence-corrected chi connectivity index (χ4v) is 5.10. The van der Waals surface area contributed by atoms with Crippen molar-refractivity contribution in [2.75, 3.05) is 13.7 Å². The van der Waals surface area contributed by atoms with Crippen LogP contribution in [-0.4, -0.2) is 41.9 Å². The van der Waals surface area contributed by atoms with Crippen molar-refractivity contribution in [1.29, 1.82) is 0 Å². The molecule has 1 heterocycles. The number of benzene rings is 1. The van der Waals surface area contributed by atoms with Crippen LogP contribution in [0.25, 0.3) is 0 Å². The van der Waals surface area contributed by atoms with Gasteiger partial charge in [0.2, 0.25) is 6.41 Å².